The number of aromatic amines is 1. The lowest BCUT2D eigenvalue weighted by molar-refractivity contribution is -0.123. The summed E-state index contributed by atoms with van der Waals surface area (Å²) in [6, 6.07) is 9.67. The van der Waals surface area contributed by atoms with E-state index >= 15 is 0 Å². The van der Waals surface area contributed by atoms with Crippen molar-refractivity contribution in [2.75, 3.05) is 6.86 Å². The zero-order valence-corrected chi connectivity index (χ0v) is 16.4. The molecule has 148 valence electrons. The number of carbonyl (C=O) groups is 2. The lowest BCUT2D eigenvalue weighted by Crippen LogP contribution is -2.30. The third-order valence-corrected chi connectivity index (χ3v) is 5.06. The number of urea groups is 1. The summed E-state index contributed by atoms with van der Waals surface area (Å²) in [5.41, 5.74) is 2.02. The molecule has 4 rings (SSSR count). The molecule has 0 radical (unpaired) electrons. The van der Waals surface area contributed by atoms with Gasteiger partial charge in [-0.05, 0) is 29.8 Å². The van der Waals surface area contributed by atoms with Crippen molar-refractivity contribution in [3.8, 4) is 5.75 Å². The van der Waals surface area contributed by atoms with Crippen LogP contribution in [0.2, 0.25) is 10.0 Å². The third-order valence-electron chi connectivity index (χ3n) is 4.51. The maximum Gasteiger partial charge on any atom is 0.329 e. The van der Waals surface area contributed by atoms with Gasteiger partial charge in [0.05, 0.1) is 17.1 Å². The Kier molecular flexibility index (Phi) is 5.17. The maximum absolute atomic E-state index is 12.7. The van der Waals surface area contributed by atoms with Crippen LogP contribution >= 0.6 is 23.2 Å². The molecule has 2 heterocycles. The van der Waals surface area contributed by atoms with Crippen molar-refractivity contribution in [3.05, 3.63) is 69.5 Å². The fourth-order valence-corrected chi connectivity index (χ4v) is 3.46. The number of benzene rings is 2. The van der Waals surface area contributed by atoms with Crippen LogP contribution < -0.4 is 10.1 Å². The van der Waals surface area contributed by atoms with Crippen LogP contribution in [0.15, 0.2) is 48.3 Å². The molecule has 2 aromatic carbocycles. The molecule has 3 aromatic rings. The van der Waals surface area contributed by atoms with Crippen LogP contribution in [0.25, 0.3) is 17.0 Å². The summed E-state index contributed by atoms with van der Waals surface area (Å²) in [5.74, 6) is -0.268. The van der Waals surface area contributed by atoms with E-state index in [0.717, 1.165) is 10.5 Å². The molecule has 6 nitrogen and oxygen atoms in total. The second-order valence-corrected chi connectivity index (χ2v) is 7.15. The molecule has 3 amide bonds. The Balaban J connectivity index is 1.63. The molecule has 9 heteroatoms. The predicted molar refractivity (Wildman–Crippen MR) is 108 cm³/mol. The van der Waals surface area contributed by atoms with Crippen LogP contribution in [-0.2, 0) is 11.3 Å². The second kappa shape index (κ2) is 7.77. The Hall–Kier alpha value is -3.03. The molecule has 2 N–H and O–H groups in total. The van der Waals surface area contributed by atoms with E-state index in [1.807, 2.05) is 0 Å². The predicted octanol–water partition coefficient (Wildman–Crippen LogP) is 4.87. The fourth-order valence-electron chi connectivity index (χ4n) is 3.13. The average Bonchev–Trinajstić information content (AvgIpc) is 3.22. The highest BCUT2D eigenvalue weighted by molar-refractivity contribution is 6.33. The molecule has 0 atom stereocenters. The molecular weight excluding hydrogens is 420 g/mol. The Morgan fingerprint density at radius 1 is 1.10 bits per heavy atom. The highest BCUT2D eigenvalue weighted by Crippen LogP contribution is 2.35. The van der Waals surface area contributed by atoms with Crippen LogP contribution in [0.3, 0.4) is 0 Å². The van der Waals surface area contributed by atoms with Gasteiger partial charge in [-0.1, -0.05) is 41.4 Å². The molecule has 1 aliphatic heterocycles. The minimum absolute atomic E-state index is 0.122. The SMILES string of the molecule is O=C1N/C(=C\c2c[nH]c3c(OCF)c(Cl)ccc23)C(=O)N1Cc1ccc(Cl)cc1. The first kappa shape index (κ1) is 19.3. The molecule has 0 aliphatic carbocycles. The topological polar surface area (TPSA) is 74.4 Å². The summed E-state index contributed by atoms with van der Waals surface area (Å²) >= 11 is 11.9. The Morgan fingerprint density at radius 3 is 2.59 bits per heavy atom. The lowest BCUT2D eigenvalue weighted by atomic mass is 10.1. The zero-order chi connectivity index (χ0) is 20.5. The number of hydrogen-bond acceptors (Lipinski definition) is 3. The third kappa shape index (κ3) is 3.66. The quantitative estimate of drug-likeness (QED) is 0.445. The summed E-state index contributed by atoms with van der Waals surface area (Å²) in [6.45, 7) is -0.903. The van der Waals surface area contributed by atoms with Crippen LogP contribution in [0.1, 0.15) is 11.1 Å². The van der Waals surface area contributed by atoms with Gasteiger partial charge in [-0.15, -0.1) is 0 Å². The molecule has 1 aliphatic rings. The number of hydrogen-bond donors (Lipinski definition) is 2. The molecule has 0 saturated carbocycles. The average molecular weight is 434 g/mol. The highest BCUT2D eigenvalue weighted by Gasteiger charge is 2.33. The number of aromatic nitrogens is 1. The van der Waals surface area contributed by atoms with Crippen molar-refractivity contribution in [2.45, 2.75) is 6.54 Å². The van der Waals surface area contributed by atoms with Crippen molar-refractivity contribution in [1.29, 1.82) is 0 Å². The number of H-pyrrole nitrogens is 1. The van der Waals surface area contributed by atoms with Gasteiger partial charge >= 0.3 is 6.03 Å². The summed E-state index contributed by atoms with van der Waals surface area (Å²) < 4.78 is 17.6. The lowest BCUT2D eigenvalue weighted by Gasteiger charge is -2.11. The van der Waals surface area contributed by atoms with Gasteiger partial charge in [-0.25, -0.2) is 9.18 Å². The van der Waals surface area contributed by atoms with Crippen molar-refractivity contribution in [3.63, 3.8) is 0 Å². The molecule has 1 fully saturated rings. The number of rotatable bonds is 5. The second-order valence-electron chi connectivity index (χ2n) is 6.30. The summed E-state index contributed by atoms with van der Waals surface area (Å²) in [6.07, 6.45) is 3.18. The summed E-state index contributed by atoms with van der Waals surface area (Å²) in [5, 5.41) is 4.08. The first-order valence-electron chi connectivity index (χ1n) is 8.55. The number of amides is 3. The Morgan fingerprint density at radius 2 is 1.86 bits per heavy atom. The van der Waals surface area contributed by atoms with Gasteiger partial charge in [0.1, 0.15) is 5.70 Å². The van der Waals surface area contributed by atoms with Crippen molar-refractivity contribution >= 4 is 52.1 Å². The van der Waals surface area contributed by atoms with E-state index in [1.54, 1.807) is 48.7 Å². The molecule has 29 heavy (non-hydrogen) atoms. The molecule has 0 spiro atoms. The number of carbonyl (C=O) groups excluding carboxylic acids is 2. The minimum atomic E-state index is -1.03. The largest absolute Gasteiger partial charge is 0.459 e. The van der Waals surface area contributed by atoms with Gasteiger partial charge in [-0.3, -0.25) is 9.69 Å². The molecule has 1 saturated heterocycles. The van der Waals surface area contributed by atoms with Crippen LogP contribution in [0, 0.1) is 0 Å². The smallest absolute Gasteiger partial charge is 0.329 e. The van der Waals surface area contributed by atoms with Crippen LogP contribution in [0.4, 0.5) is 9.18 Å². The number of nitrogens with zero attached hydrogens (tertiary/aromatic N) is 1. The Labute approximate surface area is 174 Å². The van der Waals surface area contributed by atoms with Gasteiger partial charge in [0.15, 0.2) is 5.75 Å². The maximum atomic E-state index is 12.7. The van der Waals surface area contributed by atoms with E-state index in [1.165, 1.54) is 0 Å². The van der Waals surface area contributed by atoms with E-state index in [4.69, 9.17) is 27.9 Å². The van der Waals surface area contributed by atoms with Crippen molar-refractivity contribution in [1.82, 2.24) is 15.2 Å². The van der Waals surface area contributed by atoms with Crippen molar-refractivity contribution in [2.24, 2.45) is 0 Å². The standard InChI is InChI=1S/C20H14Cl2FN3O3/c21-13-3-1-11(2-4-13)9-26-19(27)16(25-20(26)28)7-12-8-24-17-14(12)5-6-15(22)18(17)29-10-23/h1-8,24H,9-10H2,(H,25,28)/b16-7-. The first-order chi connectivity index (χ1) is 14.0. The van der Waals surface area contributed by atoms with E-state index in [2.05, 4.69) is 10.3 Å². The molecule has 0 unspecified atom stereocenters. The van der Waals surface area contributed by atoms with Gasteiger partial charge in [0, 0.05) is 22.2 Å². The Bertz CT molecular complexity index is 1140. The molecular formula is C20H14Cl2FN3O3. The number of ether oxygens (including phenoxy) is 1. The molecule has 1 aromatic heterocycles. The van der Waals surface area contributed by atoms with Gasteiger partial charge in [0.25, 0.3) is 5.91 Å². The number of halogens is 3. The first-order valence-corrected chi connectivity index (χ1v) is 9.31. The van der Waals surface area contributed by atoms with Crippen molar-refractivity contribution < 1.29 is 18.7 Å². The van der Waals surface area contributed by atoms with Crippen LogP contribution in [-0.4, -0.2) is 28.7 Å². The van der Waals surface area contributed by atoms with Gasteiger partial charge in [0.2, 0.25) is 6.86 Å². The van der Waals surface area contributed by atoms with Crippen LogP contribution in [0.5, 0.6) is 5.75 Å². The highest BCUT2D eigenvalue weighted by atomic mass is 35.5. The van der Waals surface area contributed by atoms with E-state index in [-0.39, 0.29) is 23.0 Å². The monoisotopic (exact) mass is 433 g/mol. The zero-order valence-electron chi connectivity index (χ0n) is 14.8. The number of imide groups is 1. The van der Waals surface area contributed by atoms with E-state index < -0.39 is 18.8 Å². The number of fused-ring (bicyclic) bond motifs is 1. The van der Waals surface area contributed by atoms with E-state index in [9.17, 15) is 14.0 Å². The van der Waals surface area contributed by atoms with E-state index in [0.29, 0.717) is 21.5 Å². The number of alkyl halides is 1. The summed E-state index contributed by atoms with van der Waals surface area (Å²) in [7, 11) is 0. The number of nitrogens with one attached hydrogen (secondary N) is 2. The fraction of sp³-hybridized carbons (Fsp3) is 0.100. The molecule has 0 bridgehead atoms. The minimum Gasteiger partial charge on any atom is -0.459 e. The summed E-state index contributed by atoms with van der Waals surface area (Å²) in [4.78, 5) is 29.1. The normalized spacial score (nSPS) is 15.4. The van der Waals surface area contributed by atoms with Gasteiger partial charge in [-0.2, -0.15) is 0 Å². The van der Waals surface area contributed by atoms with Gasteiger partial charge < -0.3 is 15.0 Å².